The van der Waals surface area contributed by atoms with Gasteiger partial charge < -0.3 is 24.8 Å². The molecule has 0 atom stereocenters. The number of carbonyl (C=O) groups is 1. The molecule has 1 saturated heterocycles. The smallest absolute Gasteiger partial charge is 0.270 e. The van der Waals surface area contributed by atoms with Crippen molar-refractivity contribution in [1.29, 1.82) is 0 Å². The van der Waals surface area contributed by atoms with Crippen LogP contribution in [0, 0.1) is 0 Å². The third-order valence-electron chi connectivity index (χ3n) is 6.13. The number of anilines is 2. The van der Waals surface area contributed by atoms with Gasteiger partial charge in [0.05, 0.1) is 11.4 Å². The number of carbonyl (C=O) groups excluding carboxylic acids is 1. The lowest BCUT2D eigenvalue weighted by Gasteiger charge is -2.32. The Morgan fingerprint density at radius 3 is 2.62 bits per heavy atom. The van der Waals surface area contributed by atoms with Crippen molar-refractivity contribution in [2.45, 2.75) is 19.5 Å². The van der Waals surface area contributed by atoms with Gasteiger partial charge in [0.25, 0.3) is 5.91 Å². The predicted molar refractivity (Wildman–Crippen MR) is 141 cm³/mol. The average molecular weight is 504 g/mol. The van der Waals surface area contributed by atoms with E-state index in [4.69, 9.17) is 4.74 Å². The van der Waals surface area contributed by atoms with Gasteiger partial charge in [0, 0.05) is 61.2 Å². The molecule has 4 heterocycles. The molecule has 1 fully saturated rings. The summed E-state index contributed by atoms with van der Waals surface area (Å²) in [6.07, 6.45) is 3.25. The molecule has 1 aliphatic heterocycles. The van der Waals surface area contributed by atoms with Crippen LogP contribution in [0.5, 0.6) is 5.75 Å². The number of hydrogen-bond acceptors (Lipinski definition) is 7. The summed E-state index contributed by atoms with van der Waals surface area (Å²) in [5.74, 6) is 0.937. The Balaban J connectivity index is 1.31. The molecule has 0 spiro atoms. The maximum Gasteiger partial charge on any atom is 0.270 e. The molecule has 0 saturated carbocycles. The number of amides is 1. The molecule has 10 heteroatoms. The largest absolute Gasteiger partial charge is 0.490 e. The number of nitrogens with zero attached hydrogens (tertiary/aromatic N) is 5. The zero-order valence-corrected chi connectivity index (χ0v) is 21.2. The first-order valence-corrected chi connectivity index (χ1v) is 12.2. The molecule has 1 aromatic carbocycles. The maximum absolute atomic E-state index is 13.8. The highest BCUT2D eigenvalue weighted by Gasteiger charge is 2.22. The Morgan fingerprint density at radius 2 is 1.84 bits per heavy atom. The van der Waals surface area contributed by atoms with E-state index >= 15 is 0 Å². The molecule has 0 unspecified atom stereocenters. The summed E-state index contributed by atoms with van der Waals surface area (Å²) in [5, 5.41) is 4.14. The second-order valence-corrected chi connectivity index (χ2v) is 9.86. The number of fused-ring (bicyclic) bond motifs is 1. The highest BCUT2D eigenvalue weighted by atomic mass is 19.1. The predicted octanol–water partition coefficient (Wildman–Crippen LogP) is 4.28. The van der Waals surface area contributed by atoms with Crippen LogP contribution in [0.1, 0.15) is 24.3 Å². The van der Waals surface area contributed by atoms with Gasteiger partial charge in [-0.05, 0) is 57.3 Å². The summed E-state index contributed by atoms with van der Waals surface area (Å²) in [4.78, 5) is 33.6. The summed E-state index contributed by atoms with van der Waals surface area (Å²) < 4.78 is 19.4. The Hall–Kier alpha value is -4.05. The quantitative estimate of drug-likeness (QED) is 0.388. The van der Waals surface area contributed by atoms with Crippen molar-refractivity contribution in [2.75, 3.05) is 45.2 Å². The number of ether oxygens (including phenoxy) is 1. The maximum atomic E-state index is 13.8. The van der Waals surface area contributed by atoms with Gasteiger partial charge in [0.2, 0.25) is 5.95 Å². The number of rotatable bonds is 7. The lowest BCUT2D eigenvalue weighted by molar-refractivity contribution is 0.0659. The lowest BCUT2D eigenvalue weighted by atomic mass is 10.2. The van der Waals surface area contributed by atoms with Crippen LogP contribution in [0.2, 0.25) is 0 Å². The van der Waals surface area contributed by atoms with E-state index in [0.29, 0.717) is 28.8 Å². The fourth-order valence-corrected chi connectivity index (χ4v) is 4.09. The zero-order valence-electron chi connectivity index (χ0n) is 21.2. The fourth-order valence-electron chi connectivity index (χ4n) is 4.09. The van der Waals surface area contributed by atoms with Gasteiger partial charge in [0.1, 0.15) is 23.7 Å². The summed E-state index contributed by atoms with van der Waals surface area (Å²) in [5.41, 5.74) is 2.01. The van der Waals surface area contributed by atoms with Crippen LogP contribution in [0.25, 0.3) is 22.3 Å². The molecule has 1 amide bonds. The van der Waals surface area contributed by atoms with Gasteiger partial charge in [-0.3, -0.25) is 9.78 Å². The van der Waals surface area contributed by atoms with Crippen molar-refractivity contribution < 1.29 is 13.9 Å². The van der Waals surface area contributed by atoms with Gasteiger partial charge in [-0.1, -0.05) is 0 Å². The number of likely N-dealkylation sites (N-methyl/N-ethyl adjacent to an activating group) is 1. The molecule has 0 radical (unpaired) electrons. The van der Waals surface area contributed by atoms with Crippen molar-refractivity contribution in [3.63, 3.8) is 0 Å². The molecule has 37 heavy (non-hydrogen) atoms. The average Bonchev–Trinajstić information content (AvgIpc) is 3.31. The first-order chi connectivity index (χ1) is 17.7. The number of halogens is 1. The third kappa shape index (κ3) is 6.03. The van der Waals surface area contributed by atoms with E-state index in [-0.39, 0.29) is 12.5 Å². The molecule has 3 aromatic heterocycles. The Labute approximate surface area is 214 Å². The van der Waals surface area contributed by atoms with E-state index in [1.54, 1.807) is 30.6 Å². The van der Waals surface area contributed by atoms with E-state index in [0.717, 1.165) is 42.8 Å². The SMILES string of the molecule is CN1CCN(C(=O)c2cc3cc(Nc4nccc(-c5cc(OCC(C)(C)F)ccn5)n4)ccc3[nH]2)CC1. The van der Waals surface area contributed by atoms with Gasteiger partial charge in [-0.15, -0.1) is 0 Å². The minimum Gasteiger partial charge on any atom is -0.490 e. The van der Waals surface area contributed by atoms with E-state index in [1.165, 1.54) is 13.8 Å². The van der Waals surface area contributed by atoms with Crippen LogP contribution in [0.3, 0.4) is 0 Å². The molecular weight excluding hydrogens is 473 g/mol. The standard InChI is InChI=1S/C27H30FN7O2/c1-27(2,28)17-37-20-6-8-29-23(16-20)22-7-9-30-26(33-22)31-19-4-5-21-18(14-19)15-24(32-21)25(36)35-12-10-34(3)11-13-35/h4-9,14-16,32H,10-13,17H2,1-3H3,(H,30,31,33). The first kappa shape index (κ1) is 24.6. The number of pyridine rings is 1. The number of hydrogen-bond donors (Lipinski definition) is 2. The lowest BCUT2D eigenvalue weighted by Crippen LogP contribution is -2.47. The van der Waals surface area contributed by atoms with Gasteiger partial charge in [-0.2, -0.15) is 0 Å². The number of H-pyrrole nitrogens is 1. The molecule has 192 valence electrons. The molecule has 0 bridgehead atoms. The second kappa shape index (κ2) is 10.1. The van der Waals surface area contributed by atoms with Crippen LogP contribution in [-0.2, 0) is 0 Å². The molecule has 2 N–H and O–H groups in total. The molecule has 5 rings (SSSR count). The summed E-state index contributed by atoms with van der Waals surface area (Å²) in [7, 11) is 2.07. The fraction of sp³-hybridized carbons (Fsp3) is 0.333. The van der Waals surface area contributed by atoms with E-state index in [1.807, 2.05) is 29.2 Å². The highest BCUT2D eigenvalue weighted by molar-refractivity contribution is 5.98. The van der Waals surface area contributed by atoms with Gasteiger partial charge >= 0.3 is 0 Å². The van der Waals surface area contributed by atoms with Gasteiger partial charge in [0.15, 0.2) is 0 Å². The topological polar surface area (TPSA) is 99.3 Å². The Bertz CT molecular complexity index is 1410. The summed E-state index contributed by atoms with van der Waals surface area (Å²) >= 11 is 0. The molecular formula is C27H30FN7O2. The van der Waals surface area contributed by atoms with Crippen LogP contribution < -0.4 is 10.1 Å². The second-order valence-electron chi connectivity index (χ2n) is 9.86. The van der Waals surface area contributed by atoms with Crippen molar-refractivity contribution in [3.8, 4) is 17.1 Å². The van der Waals surface area contributed by atoms with E-state index in [2.05, 4.69) is 37.2 Å². The first-order valence-electron chi connectivity index (χ1n) is 12.2. The van der Waals surface area contributed by atoms with Gasteiger partial charge in [-0.25, -0.2) is 14.4 Å². The van der Waals surface area contributed by atoms with Crippen LogP contribution >= 0.6 is 0 Å². The monoisotopic (exact) mass is 503 g/mol. The molecule has 0 aliphatic carbocycles. The van der Waals surface area contributed by atoms with Crippen molar-refractivity contribution >= 4 is 28.4 Å². The molecule has 1 aliphatic rings. The number of piperazine rings is 1. The van der Waals surface area contributed by atoms with Crippen LogP contribution in [0.15, 0.2) is 54.9 Å². The summed E-state index contributed by atoms with van der Waals surface area (Å²) in [6, 6.07) is 12.8. The highest BCUT2D eigenvalue weighted by Crippen LogP contribution is 2.25. The number of alkyl halides is 1. The molecule has 9 nitrogen and oxygen atoms in total. The van der Waals surface area contributed by atoms with Crippen LogP contribution in [-0.4, -0.2) is 81.1 Å². The van der Waals surface area contributed by atoms with Crippen molar-refractivity contribution in [2.24, 2.45) is 0 Å². The minimum absolute atomic E-state index is 0.0173. The number of aromatic amines is 1. The Morgan fingerprint density at radius 1 is 1.05 bits per heavy atom. The number of aromatic nitrogens is 4. The minimum atomic E-state index is -1.44. The molecule has 4 aromatic rings. The number of benzene rings is 1. The zero-order chi connectivity index (χ0) is 26.0. The van der Waals surface area contributed by atoms with Crippen LogP contribution in [0.4, 0.5) is 16.0 Å². The van der Waals surface area contributed by atoms with E-state index < -0.39 is 5.67 Å². The van der Waals surface area contributed by atoms with E-state index in [9.17, 15) is 9.18 Å². The summed E-state index contributed by atoms with van der Waals surface area (Å²) in [6.45, 7) is 6.08. The Kier molecular flexibility index (Phi) is 6.75. The third-order valence-corrected chi connectivity index (χ3v) is 6.13. The van der Waals surface area contributed by atoms with Crippen molar-refractivity contribution in [3.05, 3.63) is 60.6 Å². The normalized spacial score (nSPS) is 14.6. The van der Waals surface area contributed by atoms with Crippen molar-refractivity contribution in [1.82, 2.24) is 29.7 Å². The number of nitrogens with one attached hydrogen (secondary N) is 2.